The van der Waals surface area contributed by atoms with Gasteiger partial charge >= 0.3 is 5.97 Å². The molecular formula is C31H43ClN4O4. The molecule has 2 aromatic rings. The quantitative estimate of drug-likeness (QED) is 0.290. The van der Waals surface area contributed by atoms with E-state index in [1.54, 1.807) is 0 Å². The Labute approximate surface area is 243 Å². The molecule has 2 aromatic carbocycles. The lowest BCUT2D eigenvalue weighted by Crippen LogP contribution is -2.46. The molecule has 1 saturated heterocycles. The Morgan fingerprint density at radius 3 is 2.58 bits per heavy atom. The van der Waals surface area contributed by atoms with Crippen LogP contribution in [0.4, 0.5) is 11.4 Å². The number of halogens is 1. The average molecular weight is 571 g/mol. The third kappa shape index (κ3) is 7.89. The van der Waals surface area contributed by atoms with Crippen molar-refractivity contribution in [1.29, 1.82) is 0 Å². The number of unbranched alkanes of at least 4 members (excludes halogenated alkanes) is 1. The van der Waals surface area contributed by atoms with Gasteiger partial charge in [-0.1, -0.05) is 43.6 Å². The van der Waals surface area contributed by atoms with Crippen LogP contribution in [-0.4, -0.2) is 68.9 Å². The molecule has 218 valence electrons. The minimum Gasteiger partial charge on any atom is -0.494 e. The zero-order valence-electron chi connectivity index (χ0n) is 24.0. The van der Waals surface area contributed by atoms with E-state index in [0.717, 1.165) is 73.1 Å². The predicted octanol–water partition coefficient (Wildman–Crippen LogP) is 4.78. The number of anilines is 2. The van der Waals surface area contributed by atoms with Gasteiger partial charge in [0.2, 0.25) is 5.91 Å². The van der Waals surface area contributed by atoms with Gasteiger partial charge in [0.05, 0.1) is 23.0 Å². The van der Waals surface area contributed by atoms with Gasteiger partial charge in [-0.3, -0.25) is 19.4 Å². The number of benzene rings is 2. The van der Waals surface area contributed by atoms with Crippen LogP contribution < -0.4 is 20.3 Å². The summed E-state index contributed by atoms with van der Waals surface area (Å²) in [6.07, 6.45) is 3.58. The monoisotopic (exact) mass is 570 g/mol. The van der Waals surface area contributed by atoms with Crippen molar-refractivity contribution in [2.45, 2.75) is 58.9 Å². The third-order valence-electron chi connectivity index (χ3n) is 7.64. The molecule has 2 N–H and O–H groups in total. The number of hydrogen-bond donors (Lipinski definition) is 1. The summed E-state index contributed by atoms with van der Waals surface area (Å²) in [5.74, 6) is 0.444. The first kappa shape index (κ1) is 30.2. The number of rotatable bonds is 12. The highest BCUT2D eigenvalue weighted by molar-refractivity contribution is 6.34. The van der Waals surface area contributed by atoms with Crippen LogP contribution in [-0.2, 0) is 20.7 Å². The Kier molecular flexibility index (Phi) is 10.7. The Morgan fingerprint density at radius 1 is 1.05 bits per heavy atom. The van der Waals surface area contributed by atoms with Gasteiger partial charge < -0.3 is 20.1 Å². The van der Waals surface area contributed by atoms with Crippen molar-refractivity contribution in [3.63, 3.8) is 0 Å². The lowest BCUT2D eigenvalue weighted by molar-refractivity contribution is -0.146. The zero-order valence-corrected chi connectivity index (χ0v) is 24.8. The molecule has 2 heterocycles. The van der Waals surface area contributed by atoms with E-state index in [0.29, 0.717) is 31.6 Å². The van der Waals surface area contributed by atoms with Gasteiger partial charge in [-0.15, -0.1) is 0 Å². The molecule has 2 aliphatic rings. The Bertz CT molecular complexity index is 1170. The normalized spacial score (nSPS) is 16.7. The second kappa shape index (κ2) is 14.2. The standard InChI is InChI=1S/C31H43ClN4O4/c1-22(2)19-26(33)31(38)40-21-36-28-20-25(11-9-24(28)10-12-29(36)37)39-18-5-4-13-34-14-16-35(17-15-34)27-8-6-7-23(3)30(27)32/h6-9,11,20,22,26H,4-5,10,12-19,21,33H2,1-3H3. The van der Waals surface area contributed by atoms with Crippen LogP contribution >= 0.6 is 11.6 Å². The van der Waals surface area contributed by atoms with Crippen molar-refractivity contribution < 1.29 is 19.1 Å². The molecule has 0 aliphatic carbocycles. The van der Waals surface area contributed by atoms with Gasteiger partial charge in [-0.05, 0) is 68.3 Å². The molecule has 2 aliphatic heterocycles. The average Bonchev–Trinajstić information content (AvgIpc) is 2.93. The molecule has 0 spiro atoms. The number of nitrogens with zero attached hydrogens (tertiary/aromatic N) is 3. The summed E-state index contributed by atoms with van der Waals surface area (Å²) in [5.41, 5.74) is 9.98. The van der Waals surface area contributed by atoms with Crippen LogP contribution in [0.3, 0.4) is 0 Å². The zero-order chi connectivity index (χ0) is 28.6. The van der Waals surface area contributed by atoms with Crippen molar-refractivity contribution in [1.82, 2.24) is 4.90 Å². The van der Waals surface area contributed by atoms with Crippen LogP contribution in [0.2, 0.25) is 5.02 Å². The number of esters is 1. The minimum atomic E-state index is -0.690. The summed E-state index contributed by atoms with van der Waals surface area (Å²) < 4.78 is 11.5. The molecular weight excluding hydrogens is 528 g/mol. The molecule has 0 saturated carbocycles. The van der Waals surface area contributed by atoms with Crippen LogP contribution in [0.1, 0.15) is 50.7 Å². The van der Waals surface area contributed by atoms with Crippen LogP contribution in [0.5, 0.6) is 5.75 Å². The fourth-order valence-electron chi connectivity index (χ4n) is 5.30. The van der Waals surface area contributed by atoms with Crippen LogP contribution in [0.15, 0.2) is 36.4 Å². The van der Waals surface area contributed by atoms with Gasteiger partial charge in [-0.25, -0.2) is 0 Å². The predicted molar refractivity (Wildman–Crippen MR) is 160 cm³/mol. The topological polar surface area (TPSA) is 88.3 Å². The summed E-state index contributed by atoms with van der Waals surface area (Å²) in [7, 11) is 0. The van der Waals surface area contributed by atoms with E-state index in [9.17, 15) is 9.59 Å². The highest BCUT2D eigenvalue weighted by Crippen LogP contribution is 2.32. The fraction of sp³-hybridized carbons (Fsp3) is 0.548. The molecule has 1 fully saturated rings. The number of amides is 1. The van der Waals surface area contributed by atoms with Crippen molar-refractivity contribution in [3.05, 3.63) is 52.5 Å². The Hall–Kier alpha value is -2.81. The molecule has 9 heteroatoms. The SMILES string of the molecule is Cc1cccc(N2CCN(CCCCOc3ccc4c(c3)N(COC(=O)C(N)CC(C)C)C(=O)CC4)CC2)c1Cl. The first-order valence-electron chi connectivity index (χ1n) is 14.4. The van der Waals surface area contributed by atoms with E-state index in [1.807, 2.05) is 45.0 Å². The van der Waals surface area contributed by atoms with Gasteiger partial charge in [0.25, 0.3) is 0 Å². The Morgan fingerprint density at radius 2 is 1.82 bits per heavy atom. The van der Waals surface area contributed by atoms with E-state index >= 15 is 0 Å². The number of hydrogen-bond acceptors (Lipinski definition) is 7. The number of ether oxygens (including phenoxy) is 2. The number of aryl methyl sites for hydroxylation is 2. The molecule has 0 bridgehead atoms. The fourth-order valence-corrected chi connectivity index (χ4v) is 5.55. The molecule has 4 rings (SSSR count). The van der Waals surface area contributed by atoms with Gasteiger partial charge in [0, 0.05) is 38.7 Å². The molecule has 0 aromatic heterocycles. The molecule has 1 unspecified atom stereocenters. The number of carbonyl (C=O) groups excluding carboxylic acids is 2. The highest BCUT2D eigenvalue weighted by atomic mass is 35.5. The summed E-state index contributed by atoms with van der Waals surface area (Å²) in [6.45, 7) is 11.6. The van der Waals surface area contributed by atoms with Crippen molar-refractivity contribution in [2.75, 3.05) is 55.9 Å². The van der Waals surface area contributed by atoms with Gasteiger partial charge in [0.15, 0.2) is 6.73 Å². The molecule has 1 amide bonds. The number of nitrogens with two attached hydrogens (primary N) is 1. The maximum absolute atomic E-state index is 12.7. The number of carbonyl (C=O) groups is 2. The van der Waals surface area contributed by atoms with E-state index in [-0.39, 0.29) is 18.6 Å². The lowest BCUT2D eigenvalue weighted by atomic mass is 10.0. The molecule has 1 atom stereocenters. The minimum absolute atomic E-state index is 0.0698. The van der Waals surface area contributed by atoms with Crippen molar-refractivity contribution >= 4 is 34.9 Å². The second-order valence-electron chi connectivity index (χ2n) is 11.2. The number of fused-ring (bicyclic) bond motifs is 1. The lowest BCUT2D eigenvalue weighted by Gasteiger charge is -2.36. The number of piperazine rings is 1. The van der Waals surface area contributed by atoms with Crippen molar-refractivity contribution in [2.24, 2.45) is 11.7 Å². The van der Waals surface area contributed by atoms with Crippen LogP contribution in [0, 0.1) is 12.8 Å². The first-order valence-corrected chi connectivity index (χ1v) is 14.8. The maximum Gasteiger partial charge on any atom is 0.324 e. The molecule has 8 nitrogen and oxygen atoms in total. The Balaban J connectivity index is 1.21. The van der Waals surface area contributed by atoms with E-state index in [1.165, 1.54) is 4.90 Å². The van der Waals surface area contributed by atoms with Crippen LogP contribution in [0.25, 0.3) is 0 Å². The maximum atomic E-state index is 12.7. The molecule has 40 heavy (non-hydrogen) atoms. The van der Waals surface area contributed by atoms with Gasteiger partial charge in [0.1, 0.15) is 11.8 Å². The van der Waals surface area contributed by atoms with E-state index < -0.39 is 12.0 Å². The third-order valence-corrected chi connectivity index (χ3v) is 8.13. The van der Waals surface area contributed by atoms with E-state index in [2.05, 4.69) is 21.9 Å². The largest absolute Gasteiger partial charge is 0.494 e. The van der Waals surface area contributed by atoms with E-state index in [4.69, 9.17) is 26.8 Å². The highest BCUT2D eigenvalue weighted by Gasteiger charge is 2.27. The second-order valence-corrected chi connectivity index (χ2v) is 11.6. The van der Waals surface area contributed by atoms with Crippen molar-refractivity contribution in [3.8, 4) is 5.75 Å². The summed E-state index contributed by atoms with van der Waals surface area (Å²) in [4.78, 5) is 31.4. The van der Waals surface area contributed by atoms with Gasteiger partial charge in [-0.2, -0.15) is 0 Å². The summed E-state index contributed by atoms with van der Waals surface area (Å²) in [6, 6.07) is 11.4. The smallest absolute Gasteiger partial charge is 0.324 e. The first-order chi connectivity index (χ1) is 19.2. The summed E-state index contributed by atoms with van der Waals surface area (Å²) in [5, 5.41) is 0.856. The molecule has 0 radical (unpaired) electrons. The summed E-state index contributed by atoms with van der Waals surface area (Å²) >= 11 is 6.53.